The third-order valence-electron chi connectivity index (χ3n) is 3.85. The minimum atomic E-state index is -0.722. The van der Waals surface area contributed by atoms with Crippen molar-refractivity contribution in [3.63, 3.8) is 0 Å². The zero-order chi connectivity index (χ0) is 12.5. The molecule has 0 aromatic carbocycles. The van der Waals surface area contributed by atoms with Gasteiger partial charge in [-0.2, -0.15) is 0 Å². The molecule has 98 valence electrons. The number of carbonyl (C=O) groups is 1. The molecule has 2 aliphatic heterocycles. The van der Waals surface area contributed by atoms with Crippen molar-refractivity contribution in [2.24, 2.45) is 5.92 Å². The molecule has 18 heavy (non-hydrogen) atoms. The van der Waals surface area contributed by atoms with Crippen LogP contribution in [0.25, 0.3) is 0 Å². The number of ether oxygens (including phenoxy) is 1. The molecular formula is C12H17N3O3. The number of nitrogens with zero attached hydrogens (tertiary/aromatic N) is 3. The van der Waals surface area contributed by atoms with Crippen molar-refractivity contribution in [3.8, 4) is 0 Å². The monoisotopic (exact) mass is 251 g/mol. The standard InChI is InChI=1S/C12H17N3O3/c16-12(17)8-3-4-10-13-14-11(15(10)6-8)9-2-1-5-18-7-9/h8-9H,1-7H2,(H,16,17). The Hall–Kier alpha value is -1.43. The Morgan fingerprint density at radius 3 is 3.00 bits per heavy atom. The summed E-state index contributed by atoms with van der Waals surface area (Å²) in [5.74, 6) is 1.08. The second-order valence-corrected chi connectivity index (χ2v) is 5.07. The average Bonchev–Trinajstić information content (AvgIpc) is 2.82. The summed E-state index contributed by atoms with van der Waals surface area (Å²) in [6, 6.07) is 0. The van der Waals surface area contributed by atoms with Crippen LogP contribution in [0.4, 0.5) is 0 Å². The Balaban J connectivity index is 1.84. The number of fused-ring (bicyclic) bond motifs is 1. The number of aliphatic carboxylic acids is 1. The van der Waals surface area contributed by atoms with Crippen molar-refractivity contribution >= 4 is 5.97 Å². The fourth-order valence-electron chi connectivity index (χ4n) is 2.80. The lowest BCUT2D eigenvalue weighted by Crippen LogP contribution is -2.29. The van der Waals surface area contributed by atoms with Crippen LogP contribution >= 0.6 is 0 Å². The maximum Gasteiger partial charge on any atom is 0.308 e. The quantitative estimate of drug-likeness (QED) is 0.842. The molecule has 3 heterocycles. The lowest BCUT2D eigenvalue weighted by Gasteiger charge is -2.25. The Morgan fingerprint density at radius 1 is 1.39 bits per heavy atom. The largest absolute Gasteiger partial charge is 0.481 e. The SMILES string of the molecule is O=C(O)C1CCc2nnc(C3CCCOC3)n2C1. The van der Waals surface area contributed by atoms with E-state index < -0.39 is 5.97 Å². The number of aryl methyl sites for hydroxylation is 1. The highest BCUT2D eigenvalue weighted by Crippen LogP contribution is 2.28. The van der Waals surface area contributed by atoms with Crippen molar-refractivity contribution in [1.82, 2.24) is 14.8 Å². The average molecular weight is 251 g/mol. The number of carboxylic acid groups (broad SMARTS) is 1. The van der Waals surface area contributed by atoms with Crippen LogP contribution in [0.1, 0.15) is 36.8 Å². The van der Waals surface area contributed by atoms with Crippen molar-refractivity contribution in [2.75, 3.05) is 13.2 Å². The second kappa shape index (κ2) is 4.68. The minimum absolute atomic E-state index is 0.271. The van der Waals surface area contributed by atoms with Gasteiger partial charge in [-0.1, -0.05) is 0 Å². The molecule has 6 heteroatoms. The van der Waals surface area contributed by atoms with Gasteiger partial charge in [0.05, 0.1) is 12.5 Å². The summed E-state index contributed by atoms with van der Waals surface area (Å²) in [4.78, 5) is 11.1. The van der Waals surface area contributed by atoms with Crippen LogP contribution in [0, 0.1) is 5.92 Å². The van der Waals surface area contributed by atoms with Crippen molar-refractivity contribution in [2.45, 2.75) is 38.1 Å². The van der Waals surface area contributed by atoms with Crippen LogP contribution in [0.2, 0.25) is 0 Å². The zero-order valence-corrected chi connectivity index (χ0v) is 10.2. The molecule has 0 aliphatic carbocycles. The van der Waals surface area contributed by atoms with E-state index in [0.717, 1.165) is 31.1 Å². The molecule has 2 aliphatic rings. The highest BCUT2D eigenvalue weighted by atomic mass is 16.5. The van der Waals surface area contributed by atoms with Gasteiger partial charge in [0.1, 0.15) is 11.6 Å². The fourth-order valence-corrected chi connectivity index (χ4v) is 2.80. The number of hydrogen-bond acceptors (Lipinski definition) is 4. The number of aromatic nitrogens is 3. The van der Waals surface area contributed by atoms with Gasteiger partial charge in [0.2, 0.25) is 0 Å². The Morgan fingerprint density at radius 2 is 2.28 bits per heavy atom. The first kappa shape index (κ1) is 11.6. The molecule has 1 aromatic heterocycles. The van der Waals surface area contributed by atoms with Gasteiger partial charge < -0.3 is 14.4 Å². The summed E-state index contributed by atoms with van der Waals surface area (Å²) in [5, 5.41) is 17.6. The molecule has 3 rings (SSSR count). The summed E-state index contributed by atoms with van der Waals surface area (Å²) in [6.45, 7) is 1.99. The van der Waals surface area contributed by atoms with Gasteiger partial charge in [0, 0.05) is 25.5 Å². The van der Waals surface area contributed by atoms with Crippen molar-refractivity contribution in [3.05, 3.63) is 11.6 Å². The first-order valence-electron chi connectivity index (χ1n) is 6.48. The maximum atomic E-state index is 11.1. The Kier molecular flexibility index (Phi) is 3.03. The van der Waals surface area contributed by atoms with Gasteiger partial charge in [-0.05, 0) is 19.3 Å². The van der Waals surface area contributed by atoms with Crippen molar-refractivity contribution in [1.29, 1.82) is 0 Å². The normalized spacial score (nSPS) is 27.8. The molecule has 1 N–H and O–H groups in total. The molecule has 6 nitrogen and oxygen atoms in total. The molecule has 2 unspecified atom stereocenters. The third-order valence-corrected chi connectivity index (χ3v) is 3.85. The maximum absolute atomic E-state index is 11.1. The summed E-state index contributed by atoms with van der Waals surface area (Å²) in [5.41, 5.74) is 0. The van der Waals surface area contributed by atoms with Gasteiger partial charge >= 0.3 is 5.97 Å². The molecule has 1 fully saturated rings. The van der Waals surface area contributed by atoms with Gasteiger partial charge in [-0.15, -0.1) is 10.2 Å². The summed E-state index contributed by atoms with van der Waals surface area (Å²) in [6.07, 6.45) is 3.46. The van der Waals surface area contributed by atoms with Gasteiger partial charge in [-0.25, -0.2) is 0 Å². The van der Waals surface area contributed by atoms with E-state index >= 15 is 0 Å². The van der Waals surface area contributed by atoms with Crippen LogP contribution < -0.4 is 0 Å². The summed E-state index contributed by atoms with van der Waals surface area (Å²) in [7, 11) is 0. The lowest BCUT2D eigenvalue weighted by atomic mass is 9.97. The van der Waals surface area contributed by atoms with E-state index in [9.17, 15) is 4.79 Å². The van der Waals surface area contributed by atoms with Crippen LogP contribution in [-0.2, 0) is 22.5 Å². The molecular weight excluding hydrogens is 234 g/mol. The molecule has 1 aromatic rings. The van der Waals surface area contributed by atoms with E-state index in [1.807, 2.05) is 4.57 Å². The Bertz CT molecular complexity index is 451. The smallest absolute Gasteiger partial charge is 0.308 e. The molecule has 2 atom stereocenters. The third kappa shape index (κ3) is 2.01. The number of carboxylic acids is 1. The summed E-state index contributed by atoms with van der Waals surface area (Å²) < 4.78 is 7.48. The molecule has 0 saturated carbocycles. The number of rotatable bonds is 2. The first-order chi connectivity index (χ1) is 8.75. The fraction of sp³-hybridized carbons (Fsp3) is 0.750. The van der Waals surface area contributed by atoms with Crippen LogP contribution in [0.3, 0.4) is 0 Å². The van der Waals surface area contributed by atoms with Crippen LogP contribution in [0.5, 0.6) is 0 Å². The molecule has 1 saturated heterocycles. The number of hydrogen-bond donors (Lipinski definition) is 1. The van der Waals surface area contributed by atoms with Crippen molar-refractivity contribution < 1.29 is 14.6 Å². The van der Waals surface area contributed by atoms with E-state index in [-0.39, 0.29) is 11.8 Å². The van der Waals surface area contributed by atoms with E-state index in [0.29, 0.717) is 26.0 Å². The zero-order valence-electron chi connectivity index (χ0n) is 10.2. The Labute approximate surface area is 105 Å². The highest BCUT2D eigenvalue weighted by Gasteiger charge is 2.30. The van der Waals surface area contributed by atoms with E-state index in [1.54, 1.807) is 0 Å². The predicted octanol–water partition coefficient (Wildman–Crippen LogP) is 0.819. The molecule has 0 bridgehead atoms. The molecule has 0 spiro atoms. The predicted molar refractivity (Wildman–Crippen MR) is 62.3 cm³/mol. The molecule has 0 radical (unpaired) electrons. The van der Waals surface area contributed by atoms with E-state index in [4.69, 9.17) is 9.84 Å². The van der Waals surface area contributed by atoms with Crippen LogP contribution in [0.15, 0.2) is 0 Å². The first-order valence-corrected chi connectivity index (χ1v) is 6.48. The highest BCUT2D eigenvalue weighted by molar-refractivity contribution is 5.70. The van der Waals surface area contributed by atoms with E-state index in [1.165, 1.54) is 0 Å². The summed E-state index contributed by atoms with van der Waals surface area (Å²) >= 11 is 0. The van der Waals surface area contributed by atoms with Gasteiger partial charge in [0.25, 0.3) is 0 Å². The second-order valence-electron chi connectivity index (χ2n) is 5.07. The van der Waals surface area contributed by atoms with Gasteiger partial charge in [0.15, 0.2) is 0 Å². The minimum Gasteiger partial charge on any atom is -0.481 e. The van der Waals surface area contributed by atoms with Gasteiger partial charge in [-0.3, -0.25) is 4.79 Å². The topological polar surface area (TPSA) is 77.2 Å². The molecule has 0 amide bonds. The lowest BCUT2D eigenvalue weighted by molar-refractivity contribution is -0.142. The van der Waals surface area contributed by atoms with Crippen LogP contribution in [-0.4, -0.2) is 39.1 Å². The van der Waals surface area contributed by atoms with E-state index in [2.05, 4.69) is 10.2 Å².